The smallest absolute Gasteiger partial charge is 0.252 e. The van der Waals surface area contributed by atoms with Crippen LogP contribution in [-0.4, -0.2) is 36.9 Å². The van der Waals surface area contributed by atoms with Gasteiger partial charge < -0.3 is 16.0 Å². The van der Waals surface area contributed by atoms with Gasteiger partial charge in [0.15, 0.2) is 0 Å². The summed E-state index contributed by atoms with van der Waals surface area (Å²) < 4.78 is 0. The zero-order valence-corrected chi connectivity index (χ0v) is 13.1. The van der Waals surface area contributed by atoms with Gasteiger partial charge in [-0.15, -0.1) is 0 Å². The average Bonchev–Trinajstić information content (AvgIpc) is 2.97. The van der Waals surface area contributed by atoms with Crippen molar-refractivity contribution in [3.05, 3.63) is 22.4 Å². The molecule has 0 aliphatic rings. The van der Waals surface area contributed by atoms with Gasteiger partial charge in [0.1, 0.15) is 6.04 Å². The number of carbonyl (C=O) groups is 3. The maximum absolute atomic E-state index is 11.6. The second-order valence-electron chi connectivity index (χ2n) is 4.56. The van der Waals surface area contributed by atoms with Crippen LogP contribution in [0.1, 0.15) is 37.0 Å². The first-order valence-corrected chi connectivity index (χ1v) is 7.86. The van der Waals surface area contributed by atoms with Crippen molar-refractivity contribution in [2.45, 2.75) is 32.7 Å². The van der Waals surface area contributed by atoms with Crippen LogP contribution in [0.2, 0.25) is 0 Å². The Morgan fingerprint density at radius 2 is 2.05 bits per heavy atom. The first kappa shape index (κ1) is 17.2. The minimum atomic E-state index is -0.544. The fourth-order valence-electron chi connectivity index (χ4n) is 1.65. The number of amides is 3. The second kappa shape index (κ2) is 9.12. The van der Waals surface area contributed by atoms with Crippen LogP contribution in [0.25, 0.3) is 0 Å². The molecular formula is C14H21N3O3S. The van der Waals surface area contributed by atoms with Crippen molar-refractivity contribution >= 4 is 29.1 Å². The summed E-state index contributed by atoms with van der Waals surface area (Å²) in [6.07, 6.45) is 0.803. The van der Waals surface area contributed by atoms with E-state index in [0.29, 0.717) is 25.1 Å². The summed E-state index contributed by atoms with van der Waals surface area (Å²) in [7, 11) is 0. The maximum atomic E-state index is 11.6. The van der Waals surface area contributed by atoms with E-state index in [1.165, 1.54) is 11.3 Å². The molecule has 1 rings (SSSR count). The molecule has 0 bridgehead atoms. The summed E-state index contributed by atoms with van der Waals surface area (Å²) in [5.41, 5.74) is 0.634. The summed E-state index contributed by atoms with van der Waals surface area (Å²) >= 11 is 1.46. The van der Waals surface area contributed by atoms with E-state index in [1.807, 2.05) is 12.3 Å². The predicted octanol–water partition coefficient (Wildman–Crippen LogP) is 0.899. The Labute approximate surface area is 128 Å². The van der Waals surface area contributed by atoms with Crippen LogP contribution in [-0.2, 0) is 9.59 Å². The predicted molar refractivity (Wildman–Crippen MR) is 82.2 cm³/mol. The van der Waals surface area contributed by atoms with E-state index < -0.39 is 6.04 Å². The number of thiophene rings is 1. The summed E-state index contributed by atoms with van der Waals surface area (Å²) in [5.74, 6) is -0.525. The average molecular weight is 311 g/mol. The Morgan fingerprint density at radius 3 is 2.67 bits per heavy atom. The molecule has 1 heterocycles. The molecule has 0 saturated carbocycles. The van der Waals surface area contributed by atoms with E-state index in [9.17, 15) is 14.4 Å². The Bertz CT molecular complexity index is 474. The second-order valence-corrected chi connectivity index (χ2v) is 5.34. The van der Waals surface area contributed by atoms with E-state index in [2.05, 4.69) is 16.0 Å². The fraction of sp³-hybridized carbons (Fsp3) is 0.500. The minimum Gasteiger partial charge on any atom is -0.355 e. The number of carbonyl (C=O) groups excluding carboxylic acids is 3. The van der Waals surface area contributed by atoms with E-state index in [1.54, 1.807) is 18.4 Å². The van der Waals surface area contributed by atoms with Crippen LogP contribution in [0.3, 0.4) is 0 Å². The highest BCUT2D eigenvalue weighted by molar-refractivity contribution is 7.08. The van der Waals surface area contributed by atoms with Gasteiger partial charge in [0.05, 0.1) is 0 Å². The normalized spacial score (nSPS) is 11.5. The van der Waals surface area contributed by atoms with E-state index in [4.69, 9.17) is 0 Å². The molecule has 1 atom stereocenters. The minimum absolute atomic E-state index is 0.132. The quantitative estimate of drug-likeness (QED) is 0.623. The van der Waals surface area contributed by atoms with Gasteiger partial charge in [-0.3, -0.25) is 14.4 Å². The third-order valence-electron chi connectivity index (χ3n) is 2.77. The van der Waals surface area contributed by atoms with E-state index in [0.717, 1.165) is 0 Å². The molecule has 7 heteroatoms. The van der Waals surface area contributed by atoms with E-state index >= 15 is 0 Å². The highest BCUT2D eigenvalue weighted by atomic mass is 32.1. The Morgan fingerprint density at radius 1 is 1.29 bits per heavy atom. The van der Waals surface area contributed by atoms with Gasteiger partial charge in [0, 0.05) is 30.5 Å². The van der Waals surface area contributed by atoms with Gasteiger partial charge in [0.2, 0.25) is 11.8 Å². The SMILES string of the molecule is CCNC(=O)C(C)NC(=O)CCCNC(=O)c1ccsc1. The van der Waals surface area contributed by atoms with Crippen molar-refractivity contribution in [2.75, 3.05) is 13.1 Å². The molecule has 0 aromatic carbocycles. The lowest BCUT2D eigenvalue weighted by Crippen LogP contribution is -2.44. The third-order valence-corrected chi connectivity index (χ3v) is 3.45. The largest absolute Gasteiger partial charge is 0.355 e. The Balaban J connectivity index is 2.16. The monoisotopic (exact) mass is 311 g/mol. The summed E-state index contributed by atoms with van der Waals surface area (Å²) in [4.78, 5) is 34.7. The number of hydrogen-bond acceptors (Lipinski definition) is 4. The van der Waals surface area contributed by atoms with Gasteiger partial charge >= 0.3 is 0 Å². The molecule has 0 fully saturated rings. The molecule has 6 nitrogen and oxygen atoms in total. The molecule has 0 aliphatic heterocycles. The molecule has 0 radical (unpaired) electrons. The lowest BCUT2D eigenvalue weighted by atomic mass is 10.2. The zero-order valence-electron chi connectivity index (χ0n) is 12.3. The lowest BCUT2D eigenvalue weighted by Gasteiger charge is -2.13. The van der Waals surface area contributed by atoms with Crippen molar-refractivity contribution in [2.24, 2.45) is 0 Å². The molecule has 0 saturated heterocycles. The van der Waals surface area contributed by atoms with Crippen molar-refractivity contribution < 1.29 is 14.4 Å². The standard InChI is InChI=1S/C14H21N3O3S/c1-3-15-13(19)10(2)17-12(18)5-4-7-16-14(20)11-6-8-21-9-11/h6,8-10H,3-5,7H2,1-2H3,(H,15,19)(H,16,20)(H,17,18). The van der Waals surface area contributed by atoms with Crippen LogP contribution in [0.15, 0.2) is 16.8 Å². The Kier molecular flexibility index (Phi) is 7.45. The Hall–Kier alpha value is -1.89. The summed E-state index contributed by atoms with van der Waals surface area (Å²) in [6, 6.07) is 1.21. The van der Waals surface area contributed by atoms with Crippen molar-refractivity contribution in [1.29, 1.82) is 0 Å². The highest BCUT2D eigenvalue weighted by Gasteiger charge is 2.14. The summed E-state index contributed by atoms with van der Waals surface area (Å²) in [6.45, 7) is 4.43. The van der Waals surface area contributed by atoms with Crippen LogP contribution >= 0.6 is 11.3 Å². The molecule has 3 amide bonds. The summed E-state index contributed by atoms with van der Waals surface area (Å²) in [5, 5.41) is 11.6. The first-order chi connectivity index (χ1) is 10.0. The van der Waals surface area contributed by atoms with Gasteiger partial charge in [-0.05, 0) is 31.7 Å². The van der Waals surface area contributed by atoms with Gasteiger partial charge in [-0.1, -0.05) is 0 Å². The number of nitrogens with one attached hydrogen (secondary N) is 3. The zero-order chi connectivity index (χ0) is 15.7. The van der Waals surface area contributed by atoms with Crippen LogP contribution in [0.5, 0.6) is 0 Å². The molecule has 0 spiro atoms. The molecule has 0 aliphatic carbocycles. The molecule has 116 valence electrons. The van der Waals surface area contributed by atoms with Crippen molar-refractivity contribution in [1.82, 2.24) is 16.0 Å². The topological polar surface area (TPSA) is 87.3 Å². The number of rotatable bonds is 8. The van der Waals surface area contributed by atoms with Gasteiger partial charge in [-0.25, -0.2) is 0 Å². The van der Waals surface area contributed by atoms with E-state index in [-0.39, 0.29) is 24.1 Å². The van der Waals surface area contributed by atoms with Gasteiger partial charge in [-0.2, -0.15) is 11.3 Å². The molecule has 1 unspecified atom stereocenters. The molecule has 1 aromatic rings. The molecule has 21 heavy (non-hydrogen) atoms. The van der Waals surface area contributed by atoms with Crippen LogP contribution in [0.4, 0.5) is 0 Å². The van der Waals surface area contributed by atoms with Crippen LogP contribution < -0.4 is 16.0 Å². The van der Waals surface area contributed by atoms with Crippen molar-refractivity contribution in [3.8, 4) is 0 Å². The third kappa shape index (κ3) is 6.40. The molecule has 3 N–H and O–H groups in total. The van der Waals surface area contributed by atoms with Crippen LogP contribution in [0, 0.1) is 0 Å². The maximum Gasteiger partial charge on any atom is 0.252 e. The molecule has 1 aromatic heterocycles. The first-order valence-electron chi connectivity index (χ1n) is 6.92. The number of hydrogen-bond donors (Lipinski definition) is 3. The highest BCUT2D eigenvalue weighted by Crippen LogP contribution is 2.05. The number of likely N-dealkylation sites (N-methyl/N-ethyl adjacent to an activating group) is 1. The van der Waals surface area contributed by atoms with Crippen molar-refractivity contribution in [3.63, 3.8) is 0 Å². The van der Waals surface area contributed by atoms with Gasteiger partial charge in [0.25, 0.3) is 5.91 Å². The molecular weight excluding hydrogens is 290 g/mol. The lowest BCUT2D eigenvalue weighted by molar-refractivity contribution is -0.128. The fourth-order valence-corrected chi connectivity index (χ4v) is 2.29.